The first kappa shape index (κ1) is 17.4. The fraction of sp³-hybridized carbons (Fsp3) is 0.158. The molecule has 0 fully saturated rings. The third-order valence-corrected chi connectivity index (χ3v) is 2.69. The number of nitrogens with one attached hydrogen (secondary N) is 1. The Kier molecular flexibility index (Phi) is 7.34. The van der Waals surface area contributed by atoms with E-state index in [1.54, 1.807) is 0 Å². The third kappa shape index (κ3) is 6.18. The van der Waals surface area contributed by atoms with Crippen LogP contribution in [-0.4, -0.2) is 17.7 Å². The van der Waals surface area contributed by atoms with Gasteiger partial charge in [0.25, 0.3) is 0 Å². The van der Waals surface area contributed by atoms with Crippen molar-refractivity contribution in [1.29, 1.82) is 0 Å². The fourth-order valence-corrected chi connectivity index (χ4v) is 1.69. The topological polar surface area (TPSA) is 46.2 Å². The molecule has 3 heteroatoms. The molecule has 0 atom stereocenters. The number of amides is 1. The zero-order valence-electron chi connectivity index (χ0n) is 13.0. The van der Waals surface area contributed by atoms with Crippen LogP contribution in [0.25, 0.3) is 0 Å². The van der Waals surface area contributed by atoms with Crippen molar-refractivity contribution in [2.24, 2.45) is 0 Å². The molecule has 2 rings (SSSR count). The van der Waals surface area contributed by atoms with Crippen molar-refractivity contribution in [3.63, 3.8) is 0 Å². The van der Waals surface area contributed by atoms with Crippen molar-refractivity contribution in [2.75, 3.05) is 0 Å². The van der Waals surface area contributed by atoms with Gasteiger partial charge in [-0.15, -0.1) is 0 Å². The van der Waals surface area contributed by atoms with Crippen molar-refractivity contribution in [1.82, 2.24) is 5.32 Å². The minimum Gasteiger partial charge on any atom is -0.350 e. The van der Waals surface area contributed by atoms with Gasteiger partial charge in [0.2, 0.25) is 5.91 Å². The summed E-state index contributed by atoms with van der Waals surface area (Å²) in [4.78, 5) is 22.2. The standard InChI is InChI=1S/C13H10O.C6H11NO/c14-13(11-7-3-1-4-8-11)12-9-5-2-6-10-12;1-4-6(8)7-5(2)3/h1-10H;4-5H,1H2,2-3H3,(H,7,8). The molecule has 0 radical (unpaired) electrons. The van der Waals surface area contributed by atoms with Gasteiger partial charge in [-0.2, -0.15) is 0 Å². The highest BCUT2D eigenvalue weighted by Gasteiger charge is 2.06. The highest BCUT2D eigenvalue weighted by molar-refractivity contribution is 6.08. The Morgan fingerprint density at radius 2 is 1.32 bits per heavy atom. The van der Waals surface area contributed by atoms with Crippen LogP contribution in [0.2, 0.25) is 0 Å². The van der Waals surface area contributed by atoms with Gasteiger partial charge in [-0.3, -0.25) is 9.59 Å². The first-order chi connectivity index (χ1) is 10.5. The summed E-state index contributed by atoms with van der Waals surface area (Å²) in [6.07, 6.45) is 1.26. The molecule has 0 aliphatic heterocycles. The van der Waals surface area contributed by atoms with Gasteiger partial charge in [0.1, 0.15) is 0 Å². The molecule has 2 aromatic carbocycles. The monoisotopic (exact) mass is 295 g/mol. The molecule has 1 amide bonds. The summed E-state index contributed by atoms with van der Waals surface area (Å²) in [6, 6.07) is 18.8. The van der Waals surface area contributed by atoms with Gasteiger partial charge in [-0.1, -0.05) is 67.2 Å². The fourth-order valence-electron chi connectivity index (χ4n) is 1.69. The van der Waals surface area contributed by atoms with Gasteiger partial charge in [0.05, 0.1) is 0 Å². The minimum atomic E-state index is -0.111. The number of benzene rings is 2. The lowest BCUT2D eigenvalue weighted by molar-refractivity contribution is -0.116. The Balaban J connectivity index is 0.000000261. The first-order valence-corrected chi connectivity index (χ1v) is 7.12. The summed E-state index contributed by atoms with van der Waals surface area (Å²) in [5.41, 5.74) is 1.47. The molecular weight excluding hydrogens is 274 g/mol. The van der Waals surface area contributed by atoms with E-state index in [9.17, 15) is 9.59 Å². The highest BCUT2D eigenvalue weighted by Crippen LogP contribution is 2.08. The molecule has 0 saturated heterocycles. The molecule has 0 unspecified atom stereocenters. The molecule has 0 aliphatic carbocycles. The summed E-state index contributed by atoms with van der Waals surface area (Å²) >= 11 is 0. The summed E-state index contributed by atoms with van der Waals surface area (Å²) in [7, 11) is 0. The predicted molar refractivity (Wildman–Crippen MR) is 89.8 cm³/mol. The Labute approximate surface area is 131 Å². The Morgan fingerprint density at radius 3 is 1.59 bits per heavy atom. The van der Waals surface area contributed by atoms with Gasteiger partial charge >= 0.3 is 0 Å². The van der Waals surface area contributed by atoms with Crippen LogP contribution < -0.4 is 5.32 Å². The smallest absolute Gasteiger partial charge is 0.243 e. The number of carbonyl (C=O) groups is 2. The zero-order chi connectivity index (χ0) is 16.4. The van der Waals surface area contributed by atoms with Crippen molar-refractivity contribution in [3.05, 3.63) is 84.4 Å². The molecule has 3 nitrogen and oxygen atoms in total. The molecule has 1 N–H and O–H groups in total. The average Bonchev–Trinajstić information content (AvgIpc) is 2.55. The normalized spacial score (nSPS) is 9.41. The summed E-state index contributed by atoms with van der Waals surface area (Å²) in [6.45, 7) is 7.11. The van der Waals surface area contributed by atoms with Gasteiger partial charge in [0.15, 0.2) is 5.78 Å². The Morgan fingerprint density at radius 1 is 0.909 bits per heavy atom. The molecule has 114 valence electrons. The number of hydrogen-bond acceptors (Lipinski definition) is 2. The van der Waals surface area contributed by atoms with Crippen LogP contribution in [0, 0.1) is 0 Å². The molecule has 0 saturated carbocycles. The molecule has 0 aliphatic rings. The minimum absolute atomic E-state index is 0.0752. The maximum absolute atomic E-state index is 11.8. The number of rotatable bonds is 4. The SMILES string of the molecule is C=CC(=O)NC(C)C.O=C(c1ccccc1)c1ccccc1. The van der Waals surface area contributed by atoms with E-state index in [0.29, 0.717) is 0 Å². The maximum Gasteiger partial charge on any atom is 0.243 e. The van der Waals surface area contributed by atoms with Gasteiger partial charge in [-0.25, -0.2) is 0 Å². The van der Waals surface area contributed by atoms with E-state index in [0.717, 1.165) is 11.1 Å². The van der Waals surface area contributed by atoms with E-state index in [1.807, 2.05) is 74.5 Å². The van der Waals surface area contributed by atoms with Crippen LogP contribution >= 0.6 is 0 Å². The summed E-state index contributed by atoms with van der Waals surface area (Å²) < 4.78 is 0. The molecule has 0 bridgehead atoms. The van der Waals surface area contributed by atoms with E-state index in [-0.39, 0.29) is 17.7 Å². The molecular formula is C19H21NO2. The molecule has 0 spiro atoms. The highest BCUT2D eigenvalue weighted by atomic mass is 16.1. The number of hydrogen-bond donors (Lipinski definition) is 1. The van der Waals surface area contributed by atoms with Crippen LogP contribution in [0.15, 0.2) is 73.3 Å². The van der Waals surface area contributed by atoms with E-state index >= 15 is 0 Å². The molecule has 22 heavy (non-hydrogen) atoms. The van der Waals surface area contributed by atoms with E-state index in [2.05, 4.69) is 11.9 Å². The largest absolute Gasteiger partial charge is 0.350 e. The lowest BCUT2D eigenvalue weighted by Crippen LogP contribution is -2.27. The zero-order valence-corrected chi connectivity index (χ0v) is 13.0. The van der Waals surface area contributed by atoms with Crippen LogP contribution in [0.1, 0.15) is 29.8 Å². The second-order valence-corrected chi connectivity index (χ2v) is 4.93. The van der Waals surface area contributed by atoms with Crippen molar-refractivity contribution in [2.45, 2.75) is 19.9 Å². The van der Waals surface area contributed by atoms with Crippen LogP contribution in [0.5, 0.6) is 0 Å². The van der Waals surface area contributed by atoms with Crippen LogP contribution in [-0.2, 0) is 4.79 Å². The lowest BCUT2D eigenvalue weighted by atomic mass is 10.0. The van der Waals surface area contributed by atoms with E-state index in [1.165, 1.54) is 6.08 Å². The number of carbonyl (C=O) groups excluding carboxylic acids is 2. The second kappa shape index (κ2) is 9.29. The van der Waals surface area contributed by atoms with Crippen LogP contribution in [0.3, 0.4) is 0 Å². The summed E-state index contributed by atoms with van der Waals surface area (Å²) in [5.74, 6) is -0.0359. The Bertz CT molecular complexity index is 562. The molecule has 0 aromatic heterocycles. The van der Waals surface area contributed by atoms with Crippen LogP contribution in [0.4, 0.5) is 0 Å². The maximum atomic E-state index is 11.8. The van der Waals surface area contributed by atoms with Gasteiger partial charge in [0, 0.05) is 17.2 Å². The summed E-state index contributed by atoms with van der Waals surface area (Å²) in [5, 5.41) is 2.64. The first-order valence-electron chi connectivity index (χ1n) is 7.12. The predicted octanol–water partition coefficient (Wildman–Crippen LogP) is 3.61. The number of ketones is 1. The molecule has 0 heterocycles. The molecule has 2 aromatic rings. The average molecular weight is 295 g/mol. The third-order valence-electron chi connectivity index (χ3n) is 2.69. The van der Waals surface area contributed by atoms with Crippen molar-refractivity contribution >= 4 is 11.7 Å². The van der Waals surface area contributed by atoms with Gasteiger partial charge < -0.3 is 5.32 Å². The van der Waals surface area contributed by atoms with E-state index < -0.39 is 0 Å². The quantitative estimate of drug-likeness (QED) is 0.692. The van der Waals surface area contributed by atoms with Gasteiger partial charge in [-0.05, 0) is 19.9 Å². The second-order valence-electron chi connectivity index (χ2n) is 4.93. The Hall–Kier alpha value is -2.68. The van der Waals surface area contributed by atoms with E-state index in [4.69, 9.17) is 0 Å². The van der Waals surface area contributed by atoms with Crippen molar-refractivity contribution in [3.8, 4) is 0 Å². The lowest BCUT2D eigenvalue weighted by Gasteiger charge is -2.02. The van der Waals surface area contributed by atoms with Crippen molar-refractivity contribution < 1.29 is 9.59 Å².